The van der Waals surface area contributed by atoms with Gasteiger partial charge in [-0.05, 0) is 30.9 Å². The van der Waals surface area contributed by atoms with E-state index in [0.29, 0.717) is 18.2 Å². The molecule has 1 N–H and O–H groups in total. The van der Waals surface area contributed by atoms with Gasteiger partial charge in [-0.15, -0.1) is 11.3 Å². The second-order valence-corrected chi connectivity index (χ2v) is 9.93. The van der Waals surface area contributed by atoms with Gasteiger partial charge in [0.1, 0.15) is 0 Å². The highest BCUT2D eigenvalue weighted by molar-refractivity contribution is 7.92. The summed E-state index contributed by atoms with van der Waals surface area (Å²) in [4.78, 5) is 6.89. The van der Waals surface area contributed by atoms with Crippen molar-refractivity contribution in [3.8, 4) is 0 Å². The molecule has 1 aromatic heterocycles. The number of nitrogens with zero attached hydrogens (tertiary/aromatic N) is 2. The minimum atomic E-state index is -2.86. The predicted molar refractivity (Wildman–Crippen MR) is 97.5 cm³/mol. The van der Waals surface area contributed by atoms with Crippen LogP contribution in [0.4, 0.5) is 10.8 Å². The SMILES string of the molecule is Cc1ccccc1Nc1nc(CN2C[C@@H]3CCS(=O)(=O)[C@@H]3C2)cs1. The second kappa shape index (κ2) is 6.13. The largest absolute Gasteiger partial charge is 0.331 e. The number of benzene rings is 1. The van der Waals surface area contributed by atoms with Crippen LogP contribution in [-0.4, -0.2) is 42.4 Å². The Morgan fingerprint density at radius 2 is 2.17 bits per heavy atom. The molecular weight excluding hydrogens is 342 g/mol. The van der Waals surface area contributed by atoms with Crippen LogP contribution < -0.4 is 5.32 Å². The van der Waals surface area contributed by atoms with E-state index in [1.54, 1.807) is 11.3 Å². The number of aromatic nitrogens is 1. The zero-order valence-corrected chi connectivity index (χ0v) is 15.2. The molecule has 0 unspecified atom stereocenters. The van der Waals surface area contributed by atoms with E-state index in [0.717, 1.165) is 36.0 Å². The van der Waals surface area contributed by atoms with Gasteiger partial charge in [0, 0.05) is 30.7 Å². The number of likely N-dealkylation sites (tertiary alicyclic amines) is 1. The molecule has 2 fully saturated rings. The minimum Gasteiger partial charge on any atom is -0.331 e. The molecule has 7 heteroatoms. The molecule has 2 saturated heterocycles. The van der Waals surface area contributed by atoms with Gasteiger partial charge >= 0.3 is 0 Å². The third-order valence-electron chi connectivity index (χ3n) is 5.02. The number of thiazole rings is 1. The summed E-state index contributed by atoms with van der Waals surface area (Å²) in [5, 5.41) is 6.15. The van der Waals surface area contributed by atoms with Crippen LogP contribution in [0, 0.1) is 12.8 Å². The van der Waals surface area contributed by atoms with E-state index in [1.807, 2.05) is 18.2 Å². The van der Waals surface area contributed by atoms with E-state index in [1.165, 1.54) is 5.56 Å². The summed E-state index contributed by atoms with van der Waals surface area (Å²) < 4.78 is 24.1. The van der Waals surface area contributed by atoms with E-state index in [2.05, 4.69) is 33.6 Å². The Kier molecular flexibility index (Phi) is 4.10. The van der Waals surface area contributed by atoms with E-state index < -0.39 is 9.84 Å². The highest BCUT2D eigenvalue weighted by Gasteiger charge is 2.46. The van der Waals surface area contributed by atoms with Gasteiger partial charge in [0.15, 0.2) is 15.0 Å². The first-order valence-electron chi connectivity index (χ1n) is 8.22. The van der Waals surface area contributed by atoms with Gasteiger partial charge in [-0.1, -0.05) is 18.2 Å². The first-order valence-corrected chi connectivity index (χ1v) is 10.8. The Morgan fingerprint density at radius 3 is 2.96 bits per heavy atom. The number of anilines is 2. The normalized spacial score (nSPS) is 25.7. The molecule has 4 rings (SSSR count). The summed E-state index contributed by atoms with van der Waals surface area (Å²) in [5.74, 6) is 0.690. The Morgan fingerprint density at radius 1 is 1.33 bits per heavy atom. The van der Waals surface area contributed by atoms with Crippen molar-refractivity contribution < 1.29 is 8.42 Å². The topological polar surface area (TPSA) is 62.3 Å². The fraction of sp³-hybridized carbons (Fsp3) is 0.471. The minimum absolute atomic E-state index is 0.152. The van der Waals surface area contributed by atoms with Crippen molar-refractivity contribution in [3.63, 3.8) is 0 Å². The second-order valence-electron chi connectivity index (χ2n) is 6.73. The Hall–Kier alpha value is -1.44. The highest BCUT2D eigenvalue weighted by atomic mass is 32.2. The van der Waals surface area contributed by atoms with Crippen molar-refractivity contribution in [1.29, 1.82) is 0 Å². The van der Waals surface area contributed by atoms with Crippen molar-refractivity contribution in [3.05, 3.63) is 40.9 Å². The van der Waals surface area contributed by atoms with E-state index >= 15 is 0 Å². The summed E-state index contributed by atoms with van der Waals surface area (Å²) >= 11 is 1.59. The van der Waals surface area contributed by atoms with Crippen LogP contribution in [0.3, 0.4) is 0 Å². The quantitative estimate of drug-likeness (QED) is 0.905. The Labute approximate surface area is 146 Å². The molecule has 1 aromatic carbocycles. The lowest BCUT2D eigenvalue weighted by atomic mass is 10.1. The number of para-hydroxylation sites is 1. The van der Waals surface area contributed by atoms with Crippen molar-refractivity contribution in [2.24, 2.45) is 5.92 Å². The fourth-order valence-electron chi connectivity index (χ4n) is 3.70. The first kappa shape index (κ1) is 16.1. The fourth-order valence-corrected chi connectivity index (χ4v) is 6.60. The molecule has 0 bridgehead atoms. The average Bonchev–Trinajstić information content (AvgIpc) is 3.21. The lowest BCUT2D eigenvalue weighted by Crippen LogP contribution is -2.26. The number of hydrogen-bond donors (Lipinski definition) is 1. The van der Waals surface area contributed by atoms with Crippen LogP contribution in [0.15, 0.2) is 29.6 Å². The summed E-state index contributed by atoms with van der Waals surface area (Å²) in [6, 6.07) is 8.14. The maximum Gasteiger partial charge on any atom is 0.187 e. The van der Waals surface area contributed by atoms with Crippen LogP contribution in [0.1, 0.15) is 17.7 Å². The Bertz CT molecular complexity index is 847. The van der Waals surface area contributed by atoms with Crippen LogP contribution in [0.2, 0.25) is 0 Å². The lowest BCUT2D eigenvalue weighted by Gasteiger charge is -2.14. The maximum atomic E-state index is 12.0. The molecule has 2 aliphatic rings. The van der Waals surface area contributed by atoms with Gasteiger partial charge in [0.25, 0.3) is 0 Å². The number of rotatable bonds is 4. The summed E-state index contributed by atoms with van der Waals surface area (Å²) in [5.41, 5.74) is 3.26. The van der Waals surface area contributed by atoms with Gasteiger partial charge in [0.05, 0.1) is 16.7 Å². The van der Waals surface area contributed by atoms with Crippen LogP contribution in [-0.2, 0) is 16.4 Å². The van der Waals surface area contributed by atoms with Crippen molar-refractivity contribution >= 4 is 32.0 Å². The van der Waals surface area contributed by atoms with Crippen LogP contribution in [0.5, 0.6) is 0 Å². The maximum absolute atomic E-state index is 12.0. The molecule has 0 saturated carbocycles. The summed E-state index contributed by atoms with van der Waals surface area (Å²) in [6.45, 7) is 4.34. The molecule has 2 aliphatic heterocycles. The number of nitrogens with one attached hydrogen (secondary N) is 1. The zero-order chi connectivity index (χ0) is 16.7. The van der Waals surface area contributed by atoms with Gasteiger partial charge in [0.2, 0.25) is 0 Å². The summed E-state index contributed by atoms with van der Waals surface area (Å²) in [6.07, 6.45) is 0.820. The zero-order valence-electron chi connectivity index (χ0n) is 13.6. The molecule has 0 aliphatic carbocycles. The van der Waals surface area contributed by atoms with Crippen molar-refractivity contribution in [2.75, 3.05) is 24.2 Å². The number of hydrogen-bond acceptors (Lipinski definition) is 6. The molecule has 24 heavy (non-hydrogen) atoms. The van der Waals surface area contributed by atoms with Gasteiger partial charge in [-0.2, -0.15) is 0 Å². The number of fused-ring (bicyclic) bond motifs is 1. The number of sulfone groups is 1. The molecule has 0 amide bonds. The lowest BCUT2D eigenvalue weighted by molar-refractivity contribution is 0.311. The molecule has 128 valence electrons. The monoisotopic (exact) mass is 363 g/mol. The first-order chi connectivity index (χ1) is 11.5. The van der Waals surface area contributed by atoms with Crippen molar-refractivity contribution in [2.45, 2.75) is 25.1 Å². The highest BCUT2D eigenvalue weighted by Crippen LogP contribution is 2.34. The molecule has 0 radical (unpaired) electrons. The third-order valence-corrected chi connectivity index (χ3v) is 8.08. The van der Waals surface area contributed by atoms with Crippen molar-refractivity contribution in [1.82, 2.24) is 9.88 Å². The van der Waals surface area contributed by atoms with Crippen LogP contribution >= 0.6 is 11.3 Å². The molecule has 2 aromatic rings. The average molecular weight is 364 g/mol. The smallest absolute Gasteiger partial charge is 0.187 e. The Balaban J connectivity index is 1.41. The van der Waals surface area contributed by atoms with E-state index in [-0.39, 0.29) is 5.25 Å². The molecule has 2 atom stereocenters. The van der Waals surface area contributed by atoms with E-state index in [4.69, 9.17) is 0 Å². The van der Waals surface area contributed by atoms with E-state index in [9.17, 15) is 8.42 Å². The molecule has 0 spiro atoms. The molecule has 5 nitrogen and oxygen atoms in total. The van der Waals surface area contributed by atoms with Gasteiger partial charge in [-0.3, -0.25) is 4.90 Å². The molecule has 3 heterocycles. The molecular formula is C17H21N3O2S2. The van der Waals surface area contributed by atoms with Gasteiger partial charge in [-0.25, -0.2) is 13.4 Å². The number of aryl methyl sites for hydroxylation is 1. The van der Waals surface area contributed by atoms with Gasteiger partial charge < -0.3 is 5.32 Å². The van der Waals surface area contributed by atoms with Crippen LogP contribution in [0.25, 0.3) is 0 Å². The predicted octanol–water partition coefficient (Wildman–Crippen LogP) is 2.81. The third kappa shape index (κ3) is 3.08. The standard InChI is InChI=1S/C17H21N3O2S2/c1-12-4-2-3-5-15(12)19-17-18-14(11-23-17)9-20-8-13-6-7-24(21,22)16(13)10-20/h2-5,11,13,16H,6-10H2,1H3,(H,18,19)/t13-,16+/m0/s1. The summed E-state index contributed by atoms with van der Waals surface area (Å²) in [7, 11) is -2.86.